The molecule has 17 heavy (non-hydrogen) atoms. The molecule has 0 radical (unpaired) electrons. The molecular formula is C12H5BrClNO2. The minimum absolute atomic E-state index is 0.303. The molecule has 3 rings (SSSR count). The quantitative estimate of drug-likeness (QED) is 0.632. The van der Waals surface area contributed by atoms with Crippen molar-refractivity contribution < 1.29 is 9.21 Å². The maximum absolute atomic E-state index is 10.8. The molecule has 0 N–H and O–H groups in total. The number of hydrogen-bond donors (Lipinski definition) is 0. The highest BCUT2D eigenvalue weighted by Crippen LogP contribution is 2.34. The van der Waals surface area contributed by atoms with E-state index in [2.05, 4.69) is 20.9 Å². The Kier molecular flexibility index (Phi) is 2.42. The van der Waals surface area contributed by atoms with E-state index in [1.807, 2.05) is 18.2 Å². The van der Waals surface area contributed by atoms with Gasteiger partial charge in [-0.25, -0.2) is 0 Å². The van der Waals surface area contributed by atoms with Gasteiger partial charge in [-0.15, -0.1) is 0 Å². The predicted octanol–water partition coefficient (Wildman–Crippen LogP) is 4.21. The fourth-order valence-electron chi connectivity index (χ4n) is 1.74. The Bertz CT molecular complexity index is 751. The smallest absolute Gasteiger partial charge is 0.173 e. The van der Waals surface area contributed by atoms with Crippen LogP contribution in [0.4, 0.5) is 0 Å². The standard InChI is InChI=1S/C12H5BrClNO2/c13-7-1-2-9-8(3-7)11-12(17-9)10(14)6(5-16)4-15-11/h1-5H. The zero-order valence-corrected chi connectivity index (χ0v) is 10.7. The molecule has 3 nitrogen and oxygen atoms in total. The summed E-state index contributed by atoms with van der Waals surface area (Å²) in [7, 11) is 0. The van der Waals surface area contributed by atoms with Gasteiger partial charge in [0.25, 0.3) is 0 Å². The third kappa shape index (κ3) is 1.56. The van der Waals surface area contributed by atoms with Crippen LogP contribution in [0.25, 0.3) is 22.1 Å². The van der Waals surface area contributed by atoms with Crippen molar-refractivity contribution in [3.63, 3.8) is 0 Å². The van der Waals surface area contributed by atoms with Crippen molar-refractivity contribution in [2.24, 2.45) is 0 Å². The molecule has 3 aromatic rings. The van der Waals surface area contributed by atoms with Gasteiger partial charge in [0.1, 0.15) is 11.1 Å². The van der Waals surface area contributed by atoms with E-state index in [0.717, 1.165) is 9.86 Å². The number of aldehydes is 1. The number of carbonyl (C=O) groups is 1. The van der Waals surface area contributed by atoms with Crippen molar-refractivity contribution in [2.45, 2.75) is 0 Å². The van der Waals surface area contributed by atoms with Crippen molar-refractivity contribution >= 4 is 55.9 Å². The van der Waals surface area contributed by atoms with Crippen molar-refractivity contribution in [2.75, 3.05) is 0 Å². The SMILES string of the molecule is O=Cc1cnc2c(oc3ccc(Br)cc32)c1Cl. The van der Waals surface area contributed by atoms with Crippen LogP contribution in [0.3, 0.4) is 0 Å². The maximum Gasteiger partial charge on any atom is 0.173 e. The zero-order chi connectivity index (χ0) is 12.0. The minimum atomic E-state index is 0.303. The fraction of sp³-hybridized carbons (Fsp3) is 0. The molecule has 0 unspecified atom stereocenters. The lowest BCUT2D eigenvalue weighted by Gasteiger charge is -1.95. The number of rotatable bonds is 1. The molecule has 2 heterocycles. The van der Waals surface area contributed by atoms with Crippen LogP contribution in [-0.2, 0) is 0 Å². The largest absolute Gasteiger partial charge is 0.453 e. The summed E-state index contributed by atoms with van der Waals surface area (Å²) in [6.45, 7) is 0. The van der Waals surface area contributed by atoms with Crippen molar-refractivity contribution in [3.05, 3.63) is 39.5 Å². The first kappa shape index (κ1) is 10.7. The second-order valence-corrected chi connectivity index (χ2v) is 4.86. The van der Waals surface area contributed by atoms with Crippen LogP contribution in [-0.4, -0.2) is 11.3 Å². The number of nitrogens with zero attached hydrogens (tertiary/aromatic N) is 1. The highest BCUT2D eigenvalue weighted by atomic mass is 79.9. The average molecular weight is 311 g/mol. The van der Waals surface area contributed by atoms with Crippen LogP contribution in [0, 0.1) is 0 Å². The number of halogens is 2. The van der Waals surface area contributed by atoms with Gasteiger partial charge in [0.05, 0.1) is 10.6 Å². The molecule has 0 aliphatic heterocycles. The van der Waals surface area contributed by atoms with E-state index in [1.54, 1.807) is 0 Å². The summed E-state index contributed by atoms with van der Waals surface area (Å²) in [5, 5.41) is 1.17. The Morgan fingerprint density at radius 2 is 2.24 bits per heavy atom. The van der Waals surface area contributed by atoms with Gasteiger partial charge in [0.15, 0.2) is 11.9 Å². The van der Waals surface area contributed by atoms with Crippen LogP contribution in [0.1, 0.15) is 10.4 Å². The normalized spacial score (nSPS) is 11.2. The summed E-state index contributed by atoms with van der Waals surface area (Å²) in [5.74, 6) is 0. The molecule has 0 amide bonds. The highest BCUT2D eigenvalue weighted by Gasteiger charge is 2.14. The van der Waals surface area contributed by atoms with E-state index in [1.165, 1.54) is 6.20 Å². The lowest BCUT2D eigenvalue weighted by molar-refractivity contribution is 0.112. The van der Waals surface area contributed by atoms with Gasteiger partial charge in [-0.1, -0.05) is 27.5 Å². The summed E-state index contributed by atoms with van der Waals surface area (Å²) in [6.07, 6.45) is 2.12. The first-order valence-electron chi connectivity index (χ1n) is 4.82. The van der Waals surface area contributed by atoms with Crippen LogP contribution in [0.15, 0.2) is 33.3 Å². The third-order valence-electron chi connectivity index (χ3n) is 2.54. The molecule has 0 fully saturated rings. The van der Waals surface area contributed by atoms with Crippen molar-refractivity contribution in [1.82, 2.24) is 4.98 Å². The van der Waals surface area contributed by atoms with Crippen LogP contribution in [0.5, 0.6) is 0 Å². The van der Waals surface area contributed by atoms with E-state index in [0.29, 0.717) is 33.6 Å². The first-order chi connectivity index (χ1) is 8.20. The van der Waals surface area contributed by atoms with Gasteiger partial charge >= 0.3 is 0 Å². The Labute approximate surface area is 110 Å². The minimum Gasteiger partial charge on any atom is -0.453 e. The zero-order valence-electron chi connectivity index (χ0n) is 8.41. The maximum atomic E-state index is 10.8. The molecule has 5 heteroatoms. The molecular weight excluding hydrogens is 305 g/mol. The number of aromatic nitrogens is 1. The lowest BCUT2D eigenvalue weighted by Crippen LogP contribution is -1.84. The molecule has 0 saturated heterocycles. The number of carbonyl (C=O) groups excluding carboxylic acids is 1. The summed E-state index contributed by atoms with van der Waals surface area (Å²) in [4.78, 5) is 15.0. The molecule has 0 atom stereocenters. The summed E-state index contributed by atoms with van der Waals surface area (Å²) in [6, 6.07) is 5.61. The first-order valence-corrected chi connectivity index (χ1v) is 5.99. The second-order valence-electron chi connectivity index (χ2n) is 3.57. The monoisotopic (exact) mass is 309 g/mol. The van der Waals surface area contributed by atoms with Gasteiger partial charge in [0, 0.05) is 16.1 Å². The molecule has 84 valence electrons. The van der Waals surface area contributed by atoms with E-state index in [9.17, 15) is 4.79 Å². The van der Waals surface area contributed by atoms with Gasteiger partial charge < -0.3 is 4.42 Å². The van der Waals surface area contributed by atoms with Crippen LogP contribution >= 0.6 is 27.5 Å². The average Bonchev–Trinajstić information content (AvgIpc) is 2.69. The Balaban J connectivity index is 2.51. The molecule has 1 aromatic carbocycles. The van der Waals surface area contributed by atoms with Gasteiger partial charge in [-0.2, -0.15) is 0 Å². The Hall–Kier alpha value is -1.39. The number of fused-ring (bicyclic) bond motifs is 3. The lowest BCUT2D eigenvalue weighted by atomic mass is 10.2. The second kappa shape index (κ2) is 3.82. The molecule has 0 aliphatic rings. The summed E-state index contributed by atoms with van der Waals surface area (Å²) in [5.41, 5.74) is 2.14. The summed E-state index contributed by atoms with van der Waals surface area (Å²) >= 11 is 9.47. The van der Waals surface area contributed by atoms with Crippen molar-refractivity contribution in [3.8, 4) is 0 Å². The van der Waals surface area contributed by atoms with E-state index in [4.69, 9.17) is 16.0 Å². The molecule has 0 spiro atoms. The topological polar surface area (TPSA) is 43.1 Å². The fourth-order valence-corrected chi connectivity index (χ4v) is 2.32. The number of benzene rings is 1. The Morgan fingerprint density at radius 1 is 1.41 bits per heavy atom. The molecule has 0 bridgehead atoms. The van der Waals surface area contributed by atoms with Gasteiger partial charge in [-0.3, -0.25) is 9.78 Å². The number of hydrogen-bond acceptors (Lipinski definition) is 3. The van der Waals surface area contributed by atoms with E-state index >= 15 is 0 Å². The molecule has 0 saturated carbocycles. The number of pyridine rings is 1. The van der Waals surface area contributed by atoms with Crippen molar-refractivity contribution in [1.29, 1.82) is 0 Å². The molecule has 0 aliphatic carbocycles. The van der Waals surface area contributed by atoms with Crippen LogP contribution in [0.2, 0.25) is 5.02 Å². The predicted molar refractivity (Wildman–Crippen MR) is 69.6 cm³/mol. The summed E-state index contributed by atoms with van der Waals surface area (Å²) < 4.78 is 6.54. The van der Waals surface area contributed by atoms with Gasteiger partial charge in [0.2, 0.25) is 0 Å². The van der Waals surface area contributed by atoms with Gasteiger partial charge in [-0.05, 0) is 18.2 Å². The highest BCUT2D eigenvalue weighted by molar-refractivity contribution is 9.10. The van der Waals surface area contributed by atoms with Crippen LogP contribution < -0.4 is 0 Å². The van der Waals surface area contributed by atoms with E-state index < -0.39 is 0 Å². The van der Waals surface area contributed by atoms with E-state index in [-0.39, 0.29) is 0 Å². The Morgan fingerprint density at radius 3 is 3.00 bits per heavy atom. The molecule has 2 aromatic heterocycles. The number of furan rings is 1. The third-order valence-corrected chi connectivity index (χ3v) is 3.42.